The SMILES string of the molecule is CC(C)[C@@H](N)C(=O)N[C@@H]1CCCC[C@H]1NS(=O)(=O)c1cc(C(F)(F)F)cc(C(F)(F)F)c1. The fourth-order valence-electron chi connectivity index (χ4n) is 3.38. The second-order valence-electron chi connectivity index (χ2n) is 8.14. The molecule has 1 aliphatic rings. The number of benzene rings is 1. The number of amides is 1. The first kappa shape index (κ1) is 26.4. The smallest absolute Gasteiger partial charge is 0.350 e. The number of sulfonamides is 1. The van der Waals surface area contributed by atoms with Crippen molar-refractivity contribution in [2.45, 2.75) is 74.9 Å². The Kier molecular flexibility index (Phi) is 7.88. The molecule has 6 nitrogen and oxygen atoms in total. The molecule has 1 aromatic carbocycles. The molecule has 0 bridgehead atoms. The highest BCUT2D eigenvalue weighted by Gasteiger charge is 2.39. The summed E-state index contributed by atoms with van der Waals surface area (Å²) < 4.78 is 106. The van der Waals surface area contributed by atoms with Crippen molar-refractivity contribution >= 4 is 15.9 Å². The minimum Gasteiger partial charge on any atom is -0.350 e. The molecule has 0 spiro atoms. The summed E-state index contributed by atoms with van der Waals surface area (Å²) in [7, 11) is -4.76. The average molecular weight is 489 g/mol. The molecule has 0 saturated heterocycles. The molecule has 0 aromatic heterocycles. The van der Waals surface area contributed by atoms with E-state index in [1.807, 2.05) is 0 Å². The van der Waals surface area contributed by atoms with Crippen LogP contribution in [0.4, 0.5) is 26.3 Å². The van der Waals surface area contributed by atoms with Crippen LogP contribution < -0.4 is 15.8 Å². The zero-order valence-electron chi connectivity index (χ0n) is 17.3. The van der Waals surface area contributed by atoms with Crippen LogP contribution in [0.2, 0.25) is 0 Å². The summed E-state index contributed by atoms with van der Waals surface area (Å²) in [5.41, 5.74) is 2.33. The van der Waals surface area contributed by atoms with Crippen molar-refractivity contribution in [3.05, 3.63) is 29.3 Å². The lowest BCUT2D eigenvalue weighted by Crippen LogP contribution is -2.56. The van der Waals surface area contributed by atoms with Gasteiger partial charge in [0.25, 0.3) is 0 Å². The molecule has 1 aromatic rings. The van der Waals surface area contributed by atoms with Gasteiger partial charge in [-0.15, -0.1) is 0 Å². The molecule has 0 heterocycles. The van der Waals surface area contributed by atoms with Gasteiger partial charge < -0.3 is 11.1 Å². The molecule has 0 unspecified atom stereocenters. The van der Waals surface area contributed by atoms with Crippen LogP contribution in [0.1, 0.15) is 50.7 Å². The summed E-state index contributed by atoms with van der Waals surface area (Å²) in [6, 6.07) is -2.31. The second kappa shape index (κ2) is 9.56. The number of nitrogens with one attached hydrogen (secondary N) is 2. The van der Waals surface area contributed by atoms with E-state index in [0.29, 0.717) is 19.3 Å². The number of carbonyl (C=O) groups excluding carboxylic acids is 1. The van der Waals surface area contributed by atoms with Gasteiger partial charge in [0.1, 0.15) is 0 Å². The summed E-state index contributed by atoms with van der Waals surface area (Å²) in [5, 5.41) is 2.64. The van der Waals surface area contributed by atoms with Crippen molar-refractivity contribution in [3.63, 3.8) is 0 Å². The highest BCUT2D eigenvalue weighted by molar-refractivity contribution is 7.89. The number of nitrogens with two attached hydrogens (primary N) is 1. The van der Waals surface area contributed by atoms with Crippen LogP contribution in [0, 0.1) is 5.92 Å². The number of hydrogen-bond acceptors (Lipinski definition) is 4. The molecular formula is C19H25F6N3O3S. The fourth-order valence-corrected chi connectivity index (χ4v) is 4.76. The van der Waals surface area contributed by atoms with Crippen molar-refractivity contribution < 1.29 is 39.6 Å². The van der Waals surface area contributed by atoms with E-state index in [2.05, 4.69) is 10.0 Å². The Morgan fingerprint density at radius 1 is 0.969 bits per heavy atom. The predicted octanol–water partition coefficient (Wildman–Crippen LogP) is 3.41. The van der Waals surface area contributed by atoms with E-state index in [9.17, 15) is 39.6 Å². The largest absolute Gasteiger partial charge is 0.416 e. The first-order valence-corrected chi connectivity index (χ1v) is 11.4. The Labute approximate surface area is 182 Å². The Bertz CT molecular complexity index is 899. The van der Waals surface area contributed by atoms with Crippen molar-refractivity contribution in [1.29, 1.82) is 0 Å². The molecule has 32 heavy (non-hydrogen) atoms. The van der Waals surface area contributed by atoms with Gasteiger partial charge in [0.2, 0.25) is 15.9 Å². The van der Waals surface area contributed by atoms with Crippen LogP contribution in [0.3, 0.4) is 0 Å². The quantitative estimate of drug-likeness (QED) is 0.533. The minimum absolute atomic E-state index is 0.143. The van der Waals surface area contributed by atoms with Crippen LogP contribution in [0.25, 0.3) is 0 Å². The Hall–Kier alpha value is -1.86. The third kappa shape index (κ3) is 6.58. The highest BCUT2D eigenvalue weighted by Crippen LogP contribution is 2.37. The molecule has 3 atom stereocenters. The molecule has 182 valence electrons. The van der Waals surface area contributed by atoms with Gasteiger partial charge in [0.05, 0.1) is 22.1 Å². The first-order valence-electron chi connectivity index (χ1n) is 9.90. The number of carbonyl (C=O) groups is 1. The lowest BCUT2D eigenvalue weighted by molar-refractivity contribution is -0.143. The molecule has 4 N–H and O–H groups in total. The third-order valence-corrected chi connectivity index (χ3v) is 6.76. The van der Waals surface area contributed by atoms with E-state index in [1.165, 1.54) is 0 Å². The van der Waals surface area contributed by atoms with Crippen LogP contribution >= 0.6 is 0 Å². The zero-order chi connectivity index (χ0) is 24.5. The van der Waals surface area contributed by atoms with Crippen LogP contribution in [-0.4, -0.2) is 32.5 Å². The maximum absolute atomic E-state index is 13.1. The average Bonchev–Trinajstić information content (AvgIpc) is 2.66. The molecule has 2 rings (SSSR count). The number of rotatable bonds is 6. The number of alkyl halides is 6. The molecule has 0 radical (unpaired) electrons. The van der Waals surface area contributed by atoms with Crippen molar-refractivity contribution in [3.8, 4) is 0 Å². The summed E-state index contributed by atoms with van der Waals surface area (Å²) in [6.45, 7) is 3.44. The summed E-state index contributed by atoms with van der Waals surface area (Å²) in [5.74, 6) is -0.714. The van der Waals surface area contributed by atoms with E-state index < -0.39 is 62.4 Å². The highest BCUT2D eigenvalue weighted by atomic mass is 32.2. The normalized spacial score (nSPS) is 21.4. The Balaban J connectivity index is 2.35. The maximum Gasteiger partial charge on any atom is 0.416 e. The van der Waals surface area contributed by atoms with Crippen LogP contribution in [0.15, 0.2) is 23.1 Å². The monoisotopic (exact) mass is 489 g/mol. The van der Waals surface area contributed by atoms with E-state index in [-0.39, 0.29) is 30.5 Å². The van der Waals surface area contributed by atoms with Gasteiger partial charge in [0, 0.05) is 12.1 Å². The lowest BCUT2D eigenvalue weighted by Gasteiger charge is -2.33. The summed E-state index contributed by atoms with van der Waals surface area (Å²) in [4.78, 5) is 11.1. The van der Waals surface area contributed by atoms with Crippen molar-refractivity contribution in [2.75, 3.05) is 0 Å². The minimum atomic E-state index is -5.18. The maximum atomic E-state index is 13.1. The molecule has 0 aliphatic heterocycles. The van der Waals surface area contributed by atoms with Crippen molar-refractivity contribution in [2.24, 2.45) is 11.7 Å². The molecule has 1 fully saturated rings. The van der Waals surface area contributed by atoms with Gasteiger partial charge in [-0.25, -0.2) is 13.1 Å². The van der Waals surface area contributed by atoms with Gasteiger partial charge in [-0.1, -0.05) is 26.7 Å². The second-order valence-corrected chi connectivity index (χ2v) is 9.85. The van der Waals surface area contributed by atoms with E-state index in [1.54, 1.807) is 13.8 Å². The fraction of sp³-hybridized carbons (Fsp3) is 0.632. The van der Waals surface area contributed by atoms with Gasteiger partial charge >= 0.3 is 12.4 Å². The van der Waals surface area contributed by atoms with Crippen LogP contribution in [-0.2, 0) is 27.2 Å². The molecule has 1 amide bonds. The van der Waals surface area contributed by atoms with Gasteiger partial charge in [0.15, 0.2) is 0 Å². The van der Waals surface area contributed by atoms with Gasteiger partial charge in [-0.3, -0.25) is 4.79 Å². The first-order chi connectivity index (χ1) is 14.5. The number of hydrogen-bond donors (Lipinski definition) is 3. The molecular weight excluding hydrogens is 464 g/mol. The summed E-state index contributed by atoms with van der Waals surface area (Å²) >= 11 is 0. The van der Waals surface area contributed by atoms with Gasteiger partial charge in [-0.2, -0.15) is 26.3 Å². The Morgan fingerprint density at radius 2 is 1.44 bits per heavy atom. The van der Waals surface area contributed by atoms with Crippen LogP contribution in [0.5, 0.6) is 0 Å². The zero-order valence-corrected chi connectivity index (χ0v) is 18.2. The molecule has 1 aliphatic carbocycles. The third-order valence-electron chi connectivity index (χ3n) is 5.29. The summed E-state index contributed by atoms with van der Waals surface area (Å²) in [6.07, 6.45) is -8.53. The molecule has 1 saturated carbocycles. The van der Waals surface area contributed by atoms with E-state index in [4.69, 9.17) is 5.73 Å². The van der Waals surface area contributed by atoms with Crippen molar-refractivity contribution in [1.82, 2.24) is 10.0 Å². The molecule has 13 heteroatoms. The topological polar surface area (TPSA) is 101 Å². The standard InChI is InChI=1S/C19H25F6N3O3S/c1-10(2)16(26)17(29)27-14-5-3-4-6-15(14)28-32(30,31)13-8-11(18(20,21)22)7-12(9-13)19(23,24)25/h7-10,14-16,28H,3-6,26H2,1-2H3,(H,27,29)/t14-,15-,16-/m1/s1. The Morgan fingerprint density at radius 3 is 1.88 bits per heavy atom. The van der Waals surface area contributed by atoms with E-state index in [0.717, 1.165) is 0 Å². The van der Waals surface area contributed by atoms with E-state index >= 15 is 0 Å². The van der Waals surface area contributed by atoms with Gasteiger partial charge in [-0.05, 0) is 37.0 Å². The lowest BCUT2D eigenvalue weighted by atomic mass is 9.90. The predicted molar refractivity (Wildman–Crippen MR) is 104 cm³/mol. The number of halogens is 6.